The third-order valence-electron chi connectivity index (χ3n) is 2.32. The van der Waals surface area contributed by atoms with Crippen LogP contribution in [-0.2, 0) is 4.74 Å². The van der Waals surface area contributed by atoms with Gasteiger partial charge in [-0.15, -0.1) is 0 Å². The summed E-state index contributed by atoms with van der Waals surface area (Å²) in [6.45, 7) is 9.51. The Kier molecular flexibility index (Phi) is 10.9. The van der Waals surface area contributed by atoms with Gasteiger partial charge in [-0.3, -0.25) is 0 Å². The first-order valence-corrected chi connectivity index (χ1v) is 6.16. The lowest BCUT2D eigenvalue weighted by atomic mass is 10.1. The average molecular weight is 201 g/mol. The summed E-state index contributed by atoms with van der Waals surface area (Å²) in [5, 5.41) is 3.52. The van der Waals surface area contributed by atoms with Crippen LogP contribution in [0.4, 0.5) is 0 Å². The Morgan fingerprint density at radius 1 is 1.00 bits per heavy atom. The van der Waals surface area contributed by atoms with Crippen molar-refractivity contribution in [2.75, 3.05) is 19.8 Å². The fraction of sp³-hybridized carbons (Fsp3) is 1.00. The van der Waals surface area contributed by atoms with E-state index in [1.54, 1.807) is 0 Å². The topological polar surface area (TPSA) is 21.3 Å². The van der Waals surface area contributed by atoms with Crippen molar-refractivity contribution in [3.63, 3.8) is 0 Å². The van der Waals surface area contributed by atoms with Crippen LogP contribution < -0.4 is 5.32 Å². The molecule has 0 saturated heterocycles. The zero-order chi connectivity index (χ0) is 10.6. The van der Waals surface area contributed by atoms with E-state index in [2.05, 4.69) is 26.1 Å². The van der Waals surface area contributed by atoms with E-state index in [9.17, 15) is 0 Å². The first kappa shape index (κ1) is 13.9. The molecule has 1 unspecified atom stereocenters. The molecule has 0 rings (SSSR count). The molecular weight excluding hydrogens is 174 g/mol. The minimum Gasteiger partial charge on any atom is -0.381 e. The fourth-order valence-corrected chi connectivity index (χ4v) is 1.66. The second-order valence-corrected chi connectivity index (χ2v) is 3.80. The van der Waals surface area contributed by atoms with Crippen molar-refractivity contribution in [3.05, 3.63) is 0 Å². The maximum absolute atomic E-state index is 5.46. The maximum Gasteiger partial charge on any atom is 0.0466 e. The van der Waals surface area contributed by atoms with Crippen molar-refractivity contribution in [1.82, 2.24) is 5.32 Å². The number of ether oxygens (including phenoxy) is 1. The second kappa shape index (κ2) is 11.0. The monoisotopic (exact) mass is 201 g/mol. The van der Waals surface area contributed by atoms with Gasteiger partial charge in [0.1, 0.15) is 0 Å². The van der Waals surface area contributed by atoms with Crippen molar-refractivity contribution in [2.24, 2.45) is 0 Å². The molecular formula is C12H27NO. The lowest BCUT2D eigenvalue weighted by Gasteiger charge is -2.16. The summed E-state index contributed by atoms with van der Waals surface area (Å²) < 4.78 is 5.46. The van der Waals surface area contributed by atoms with Crippen LogP contribution in [0.5, 0.6) is 0 Å². The molecule has 0 aliphatic rings. The van der Waals surface area contributed by atoms with Crippen LogP contribution in [0.1, 0.15) is 52.9 Å². The van der Waals surface area contributed by atoms with Crippen LogP contribution in [0.25, 0.3) is 0 Å². The van der Waals surface area contributed by atoms with Crippen LogP contribution in [0.2, 0.25) is 0 Å². The first-order chi connectivity index (χ1) is 6.85. The highest BCUT2D eigenvalue weighted by Gasteiger charge is 2.04. The Balaban J connectivity index is 3.30. The summed E-state index contributed by atoms with van der Waals surface area (Å²) in [4.78, 5) is 0. The standard InChI is InChI=1S/C12H27NO/c1-4-8-12(13-6-3)9-7-11-14-10-5-2/h12-13H,4-11H2,1-3H3. The van der Waals surface area contributed by atoms with Crippen LogP contribution in [0, 0.1) is 0 Å². The van der Waals surface area contributed by atoms with Gasteiger partial charge < -0.3 is 10.1 Å². The highest BCUT2D eigenvalue weighted by molar-refractivity contribution is 4.64. The van der Waals surface area contributed by atoms with Gasteiger partial charge in [-0.05, 0) is 32.2 Å². The molecule has 2 nitrogen and oxygen atoms in total. The molecule has 14 heavy (non-hydrogen) atoms. The van der Waals surface area contributed by atoms with Gasteiger partial charge in [0.15, 0.2) is 0 Å². The van der Waals surface area contributed by atoms with Gasteiger partial charge in [-0.2, -0.15) is 0 Å². The Bertz CT molecular complexity index is 100. The van der Waals surface area contributed by atoms with E-state index in [4.69, 9.17) is 4.74 Å². The molecule has 0 fully saturated rings. The van der Waals surface area contributed by atoms with E-state index in [-0.39, 0.29) is 0 Å². The van der Waals surface area contributed by atoms with Crippen molar-refractivity contribution < 1.29 is 4.74 Å². The molecule has 0 aliphatic carbocycles. The molecule has 0 amide bonds. The summed E-state index contributed by atoms with van der Waals surface area (Å²) in [7, 11) is 0. The summed E-state index contributed by atoms with van der Waals surface area (Å²) in [6.07, 6.45) is 6.14. The van der Waals surface area contributed by atoms with Crippen molar-refractivity contribution in [2.45, 2.75) is 58.9 Å². The third kappa shape index (κ3) is 8.52. The predicted molar refractivity (Wildman–Crippen MR) is 62.7 cm³/mol. The molecule has 86 valence electrons. The number of hydrogen-bond acceptors (Lipinski definition) is 2. The molecule has 0 saturated carbocycles. The van der Waals surface area contributed by atoms with Gasteiger partial charge in [-0.1, -0.05) is 27.2 Å². The van der Waals surface area contributed by atoms with Crippen molar-refractivity contribution >= 4 is 0 Å². The van der Waals surface area contributed by atoms with E-state index in [0.29, 0.717) is 6.04 Å². The summed E-state index contributed by atoms with van der Waals surface area (Å²) >= 11 is 0. The molecule has 2 heteroatoms. The Labute approximate surface area is 89.4 Å². The second-order valence-electron chi connectivity index (χ2n) is 3.80. The average Bonchev–Trinajstić information content (AvgIpc) is 2.18. The van der Waals surface area contributed by atoms with Gasteiger partial charge >= 0.3 is 0 Å². The fourth-order valence-electron chi connectivity index (χ4n) is 1.66. The zero-order valence-electron chi connectivity index (χ0n) is 10.1. The molecule has 0 radical (unpaired) electrons. The minimum absolute atomic E-state index is 0.704. The largest absolute Gasteiger partial charge is 0.381 e. The molecule has 0 heterocycles. The van der Waals surface area contributed by atoms with Crippen molar-refractivity contribution in [1.29, 1.82) is 0 Å². The molecule has 0 aliphatic heterocycles. The van der Waals surface area contributed by atoms with Crippen LogP contribution in [0.15, 0.2) is 0 Å². The molecule has 0 spiro atoms. The number of rotatable bonds is 10. The lowest BCUT2D eigenvalue weighted by Crippen LogP contribution is -2.28. The maximum atomic E-state index is 5.46. The van der Waals surface area contributed by atoms with E-state index < -0.39 is 0 Å². The Morgan fingerprint density at radius 2 is 1.79 bits per heavy atom. The quantitative estimate of drug-likeness (QED) is 0.549. The molecule has 1 atom stereocenters. The van der Waals surface area contributed by atoms with Gasteiger partial charge in [0.2, 0.25) is 0 Å². The number of nitrogens with one attached hydrogen (secondary N) is 1. The summed E-state index contributed by atoms with van der Waals surface area (Å²) in [5.74, 6) is 0. The van der Waals surface area contributed by atoms with E-state index >= 15 is 0 Å². The van der Waals surface area contributed by atoms with Crippen LogP contribution in [-0.4, -0.2) is 25.8 Å². The number of hydrogen-bond donors (Lipinski definition) is 1. The lowest BCUT2D eigenvalue weighted by molar-refractivity contribution is 0.128. The van der Waals surface area contributed by atoms with Gasteiger partial charge in [0.25, 0.3) is 0 Å². The molecule has 0 aromatic heterocycles. The van der Waals surface area contributed by atoms with Gasteiger partial charge in [0.05, 0.1) is 0 Å². The van der Waals surface area contributed by atoms with Gasteiger partial charge in [0, 0.05) is 19.3 Å². The van der Waals surface area contributed by atoms with E-state index in [1.165, 1.54) is 25.7 Å². The third-order valence-corrected chi connectivity index (χ3v) is 2.32. The van der Waals surface area contributed by atoms with E-state index in [0.717, 1.165) is 26.2 Å². The SMILES string of the molecule is CCCOCCCC(CCC)NCC. The molecule has 0 bridgehead atoms. The van der Waals surface area contributed by atoms with Gasteiger partial charge in [-0.25, -0.2) is 0 Å². The first-order valence-electron chi connectivity index (χ1n) is 6.16. The molecule has 0 aromatic rings. The zero-order valence-corrected chi connectivity index (χ0v) is 10.1. The Hall–Kier alpha value is -0.0800. The highest BCUT2D eigenvalue weighted by atomic mass is 16.5. The van der Waals surface area contributed by atoms with Crippen LogP contribution >= 0.6 is 0 Å². The summed E-state index contributed by atoms with van der Waals surface area (Å²) in [5.41, 5.74) is 0. The normalized spacial score (nSPS) is 13.1. The summed E-state index contributed by atoms with van der Waals surface area (Å²) in [6, 6.07) is 0.704. The van der Waals surface area contributed by atoms with Crippen LogP contribution in [0.3, 0.4) is 0 Å². The molecule has 1 N–H and O–H groups in total. The van der Waals surface area contributed by atoms with Crippen molar-refractivity contribution in [3.8, 4) is 0 Å². The smallest absolute Gasteiger partial charge is 0.0466 e. The predicted octanol–water partition coefficient (Wildman–Crippen LogP) is 2.97. The van der Waals surface area contributed by atoms with E-state index in [1.807, 2.05) is 0 Å². The molecule has 0 aromatic carbocycles. The minimum atomic E-state index is 0.704. The highest BCUT2D eigenvalue weighted by Crippen LogP contribution is 2.04. The Morgan fingerprint density at radius 3 is 2.36 bits per heavy atom.